The van der Waals surface area contributed by atoms with Crippen molar-refractivity contribution in [2.45, 2.75) is 50.2 Å². The van der Waals surface area contributed by atoms with Crippen molar-refractivity contribution in [2.24, 2.45) is 0 Å². The van der Waals surface area contributed by atoms with Gasteiger partial charge in [-0.3, -0.25) is 24.6 Å². The van der Waals surface area contributed by atoms with Crippen LogP contribution in [0.1, 0.15) is 52.7 Å². The maximum Gasteiger partial charge on any atom is 0.255 e. The zero-order valence-electron chi connectivity index (χ0n) is 20.9. The number of imide groups is 1. The number of carbonyl (C=O) groups is 3. The molecule has 4 aliphatic heterocycles. The Kier molecular flexibility index (Phi) is 5.59. The van der Waals surface area contributed by atoms with Gasteiger partial charge in [-0.1, -0.05) is 24.3 Å². The van der Waals surface area contributed by atoms with Crippen LogP contribution in [0.2, 0.25) is 0 Å². The Morgan fingerprint density at radius 3 is 2.79 bits per heavy atom. The Hall–Kier alpha value is -3.56. The molecule has 5 heterocycles. The number of benzene rings is 2. The molecule has 7 rings (SSSR count). The topological polar surface area (TPSA) is 91.8 Å². The molecular formula is C29H28N4O4S. The molecule has 194 valence electrons. The number of carbonyl (C=O) groups excluding carboxylic acids is 3. The smallest absolute Gasteiger partial charge is 0.255 e. The number of hydrogen-bond donors (Lipinski definition) is 1. The summed E-state index contributed by atoms with van der Waals surface area (Å²) in [7, 11) is 0. The van der Waals surface area contributed by atoms with E-state index in [9.17, 15) is 14.4 Å². The number of nitrogens with one attached hydrogen (secondary N) is 1. The Morgan fingerprint density at radius 2 is 2.00 bits per heavy atom. The molecule has 1 unspecified atom stereocenters. The van der Waals surface area contributed by atoms with Crippen LogP contribution < -0.4 is 10.1 Å². The molecule has 1 N–H and O–H groups in total. The normalized spacial score (nSPS) is 22.4. The first-order valence-corrected chi connectivity index (χ1v) is 14.0. The molecule has 0 saturated carbocycles. The van der Waals surface area contributed by atoms with Crippen molar-refractivity contribution >= 4 is 29.1 Å². The summed E-state index contributed by atoms with van der Waals surface area (Å²) >= 11 is 1.66. The van der Waals surface area contributed by atoms with Crippen molar-refractivity contribution in [3.8, 4) is 16.3 Å². The summed E-state index contributed by atoms with van der Waals surface area (Å²) in [5.74, 6) is 0.00744. The van der Waals surface area contributed by atoms with Crippen LogP contribution in [0, 0.1) is 0 Å². The summed E-state index contributed by atoms with van der Waals surface area (Å²) in [5, 5.41) is 5.43. The molecule has 0 aliphatic carbocycles. The second kappa shape index (κ2) is 9.03. The van der Waals surface area contributed by atoms with Crippen molar-refractivity contribution in [2.75, 3.05) is 19.7 Å². The highest BCUT2D eigenvalue weighted by atomic mass is 32.1. The number of thiazole rings is 1. The van der Waals surface area contributed by atoms with Crippen LogP contribution in [0.25, 0.3) is 10.6 Å². The molecule has 1 atom stereocenters. The van der Waals surface area contributed by atoms with Gasteiger partial charge < -0.3 is 9.64 Å². The highest BCUT2D eigenvalue weighted by Crippen LogP contribution is 2.49. The van der Waals surface area contributed by atoms with Gasteiger partial charge in [0.25, 0.3) is 5.91 Å². The quantitative estimate of drug-likeness (QED) is 0.522. The van der Waals surface area contributed by atoms with Gasteiger partial charge in [0.05, 0.1) is 13.2 Å². The van der Waals surface area contributed by atoms with Crippen molar-refractivity contribution < 1.29 is 19.1 Å². The van der Waals surface area contributed by atoms with E-state index in [-0.39, 0.29) is 29.6 Å². The van der Waals surface area contributed by atoms with E-state index >= 15 is 0 Å². The van der Waals surface area contributed by atoms with Crippen LogP contribution in [-0.2, 0) is 28.1 Å². The van der Waals surface area contributed by atoms with Crippen LogP contribution in [0.15, 0.2) is 48.0 Å². The highest BCUT2D eigenvalue weighted by molar-refractivity contribution is 7.13. The number of likely N-dealkylation sites (tertiary alicyclic amines) is 1. The van der Waals surface area contributed by atoms with Crippen molar-refractivity contribution in [1.82, 2.24) is 20.1 Å². The van der Waals surface area contributed by atoms with Crippen LogP contribution >= 0.6 is 11.3 Å². The number of piperidine rings is 2. The van der Waals surface area contributed by atoms with E-state index in [0.717, 1.165) is 48.8 Å². The summed E-state index contributed by atoms with van der Waals surface area (Å²) in [6.07, 6.45) is 4.45. The summed E-state index contributed by atoms with van der Waals surface area (Å²) < 4.78 is 6.32. The lowest BCUT2D eigenvalue weighted by Gasteiger charge is -2.38. The third-order valence-electron chi connectivity index (χ3n) is 8.56. The number of rotatable bonds is 4. The van der Waals surface area contributed by atoms with Gasteiger partial charge in [0.1, 0.15) is 16.8 Å². The Bertz CT molecular complexity index is 1440. The molecule has 3 amide bonds. The van der Waals surface area contributed by atoms with Gasteiger partial charge in [-0.15, -0.1) is 11.3 Å². The minimum atomic E-state index is -0.615. The van der Waals surface area contributed by atoms with Gasteiger partial charge >= 0.3 is 0 Å². The van der Waals surface area contributed by atoms with Gasteiger partial charge in [-0.05, 0) is 50.0 Å². The number of aromatic nitrogens is 1. The van der Waals surface area contributed by atoms with Crippen LogP contribution in [0.3, 0.4) is 0 Å². The number of nitrogens with zero attached hydrogens (tertiary/aromatic N) is 3. The molecule has 3 aromatic rings. The maximum atomic E-state index is 13.2. The molecule has 1 aromatic heterocycles. The lowest BCUT2D eigenvalue weighted by molar-refractivity contribution is -0.136. The maximum absolute atomic E-state index is 13.2. The molecule has 2 fully saturated rings. The minimum absolute atomic E-state index is 0.0469. The summed E-state index contributed by atoms with van der Waals surface area (Å²) in [6, 6.07) is 12.0. The first-order chi connectivity index (χ1) is 18.5. The van der Waals surface area contributed by atoms with E-state index in [4.69, 9.17) is 4.74 Å². The second-order valence-corrected chi connectivity index (χ2v) is 11.6. The van der Waals surface area contributed by atoms with Gasteiger partial charge in [-0.2, -0.15) is 0 Å². The van der Waals surface area contributed by atoms with Gasteiger partial charge in [0.15, 0.2) is 0 Å². The zero-order chi connectivity index (χ0) is 25.9. The van der Waals surface area contributed by atoms with E-state index in [2.05, 4.69) is 45.5 Å². The fourth-order valence-corrected chi connectivity index (χ4v) is 7.10. The average molecular weight is 529 g/mol. The standard InChI is InChI=1S/C29H28N4O4S/c34-24-7-6-23(26(35)31-24)33-16-21-20(28(33)36)4-5-22-25(21)37-17-29(22)8-11-32(12-9-29)15-18-2-1-3-19(14-18)27-30-10-13-38-27/h1-5,10,13-14,23H,6-9,11-12,15-17H2,(H,31,34,35). The molecule has 9 heteroatoms. The highest BCUT2D eigenvalue weighted by Gasteiger charge is 2.47. The zero-order valence-corrected chi connectivity index (χ0v) is 21.8. The predicted molar refractivity (Wildman–Crippen MR) is 142 cm³/mol. The summed E-state index contributed by atoms with van der Waals surface area (Å²) in [4.78, 5) is 45.8. The molecule has 4 aliphatic rings. The molecule has 0 bridgehead atoms. The van der Waals surface area contributed by atoms with E-state index in [1.807, 2.05) is 17.6 Å². The van der Waals surface area contributed by atoms with Crippen LogP contribution in [0.5, 0.6) is 5.75 Å². The number of amides is 3. The molecular weight excluding hydrogens is 500 g/mol. The fourth-order valence-electron chi connectivity index (χ4n) is 6.46. The second-order valence-electron chi connectivity index (χ2n) is 10.8. The SMILES string of the molecule is O=C1CCC(N2Cc3c(ccc4c3OCC43CCN(Cc4cccc(-c5nccs5)c4)CC3)C2=O)C(=O)N1. The van der Waals surface area contributed by atoms with Gasteiger partial charge in [0.2, 0.25) is 11.8 Å². The minimum Gasteiger partial charge on any atom is -0.492 e. The van der Waals surface area contributed by atoms with Crippen molar-refractivity contribution in [3.05, 3.63) is 70.2 Å². The van der Waals surface area contributed by atoms with Gasteiger partial charge in [0, 0.05) is 52.2 Å². The number of fused-ring (bicyclic) bond motifs is 4. The van der Waals surface area contributed by atoms with Crippen molar-refractivity contribution in [3.63, 3.8) is 0 Å². The van der Waals surface area contributed by atoms with Crippen molar-refractivity contribution in [1.29, 1.82) is 0 Å². The lowest BCUT2D eigenvalue weighted by atomic mass is 9.74. The van der Waals surface area contributed by atoms with Crippen LogP contribution in [-0.4, -0.2) is 58.2 Å². The monoisotopic (exact) mass is 528 g/mol. The number of ether oxygens (including phenoxy) is 1. The third-order valence-corrected chi connectivity index (χ3v) is 9.38. The summed E-state index contributed by atoms with van der Waals surface area (Å²) in [6.45, 7) is 3.83. The Labute approximate surface area is 224 Å². The lowest BCUT2D eigenvalue weighted by Crippen LogP contribution is -2.52. The largest absolute Gasteiger partial charge is 0.492 e. The first-order valence-electron chi connectivity index (χ1n) is 13.2. The van der Waals surface area contributed by atoms with Crippen LogP contribution in [0.4, 0.5) is 0 Å². The van der Waals surface area contributed by atoms with E-state index in [0.29, 0.717) is 25.1 Å². The Balaban J connectivity index is 1.06. The molecule has 2 saturated heterocycles. The fraction of sp³-hybridized carbons (Fsp3) is 0.379. The third kappa shape index (κ3) is 3.84. The van der Waals surface area contributed by atoms with E-state index in [1.165, 1.54) is 16.7 Å². The predicted octanol–water partition coefficient (Wildman–Crippen LogP) is 3.50. The van der Waals surface area contributed by atoms with E-state index < -0.39 is 6.04 Å². The molecule has 1 spiro atoms. The molecule has 2 aromatic carbocycles. The first kappa shape index (κ1) is 23.5. The van der Waals surface area contributed by atoms with Gasteiger partial charge in [-0.25, -0.2) is 4.98 Å². The average Bonchev–Trinajstić information content (AvgIpc) is 3.65. The molecule has 8 nitrogen and oxygen atoms in total. The molecule has 0 radical (unpaired) electrons. The number of hydrogen-bond acceptors (Lipinski definition) is 7. The Morgan fingerprint density at radius 1 is 1.13 bits per heavy atom. The molecule has 38 heavy (non-hydrogen) atoms. The van der Waals surface area contributed by atoms with E-state index in [1.54, 1.807) is 16.2 Å². The summed E-state index contributed by atoms with van der Waals surface area (Å²) in [5.41, 5.74) is 5.10.